The number of likely N-dealkylation sites (tertiary alicyclic amines) is 1. The van der Waals surface area contributed by atoms with Crippen molar-refractivity contribution in [3.05, 3.63) is 0 Å². The van der Waals surface area contributed by atoms with E-state index in [0.717, 1.165) is 17.7 Å². The van der Waals surface area contributed by atoms with Crippen molar-refractivity contribution in [3.8, 4) is 0 Å². The fraction of sp³-hybridized carbons (Fsp3) is 0.750. The van der Waals surface area contributed by atoms with Crippen molar-refractivity contribution >= 4 is 17.6 Å². The van der Waals surface area contributed by atoms with E-state index in [1.807, 2.05) is 0 Å². The lowest BCUT2D eigenvalue weighted by Gasteiger charge is -2.21. The minimum absolute atomic E-state index is 0.166. The molecule has 5 heteroatoms. The summed E-state index contributed by atoms with van der Waals surface area (Å²) in [6, 6.07) is -0.575. The van der Waals surface area contributed by atoms with Crippen LogP contribution in [0.4, 0.5) is 0 Å². The van der Waals surface area contributed by atoms with Gasteiger partial charge in [0.15, 0.2) is 0 Å². The molecule has 94 valence electrons. The number of amidine groups is 1. The number of imide groups is 1. The van der Waals surface area contributed by atoms with Crippen molar-refractivity contribution in [1.29, 1.82) is 0 Å². The number of hydrogen-bond acceptors (Lipinski definition) is 3. The Hall–Kier alpha value is -1.39. The van der Waals surface area contributed by atoms with Crippen LogP contribution in [0.1, 0.15) is 38.5 Å². The Morgan fingerprint density at radius 2 is 1.94 bits per heavy atom. The van der Waals surface area contributed by atoms with Gasteiger partial charge in [0.2, 0.25) is 5.91 Å². The molecule has 2 amide bonds. The van der Waals surface area contributed by atoms with Crippen molar-refractivity contribution in [2.24, 2.45) is 16.6 Å². The normalized spacial score (nSPS) is 27.9. The smallest absolute Gasteiger partial charge is 0.254 e. The van der Waals surface area contributed by atoms with Crippen LogP contribution in [0, 0.1) is 5.92 Å². The van der Waals surface area contributed by atoms with Crippen molar-refractivity contribution in [2.75, 3.05) is 7.05 Å². The van der Waals surface area contributed by atoms with Crippen LogP contribution in [0.15, 0.2) is 4.99 Å². The molecule has 1 unspecified atom stereocenters. The van der Waals surface area contributed by atoms with Gasteiger partial charge in [-0.2, -0.15) is 0 Å². The van der Waals surface area contributed by atoms with Crippen molar-refractivity contribution in [1.82, 2.24) is 4.90 Å². The number of aliphatic imine (C=N–C) groups is 1. The van der Waals surface area contributed by atoms with Crippen LogP contribution in [0.3, 0.4) is 0 Å². The molecule has 17 heavy (non-hydrogen) atoms. The summed E-state index contributed by atoms with van der Waals surface area (Å²) >= 11 is 0. The molecule has 1 saturated carbocycles. The number of nitrogens with two attached hydrogens (primary N) is 1. The molecule has 2 rings (SSSR count). The second-order valence-corrected chi connectivity index (χ2v) is 4.90. The van der Waals surface area contributed by atoms with Gasteiger partial charge in [0, 0.05) is 13.0 Å². The minimum Gasteiger partial charge on any atom is -0.387 e. The number of rotatable bonds is 2. The van der Waals surface area contributed by atoms with Crippen molar-refractivity contribution < 1.29 is 9.59 Å². The quantitative estimate of drug-likeness (QED) is 0.436. The molecular formula is C12H19N3O2. The van der Waals surface area contributed by atoms with Crippen LogP contribution in [0.5, 0.6) is 0 Å². The monoisotopic (exact) mass is 237 g/mol. The molecular weight excluding hydrogens is 218 g/mol. The summed E-state index contributed by atoms with van der Waals surface area (Å²) < 4.78 is 0. The molecule has 2 fully saturated rings. The van der Waals surface area contributed by atoms with E-state index in [1.54, 1.807) is 0 Å². The zero-order chi connectivity index (χ0) is 12.4. The maximum Gasteiger partial charge on any atom is 0.254 e. The van der Waals surface area contributed by atoms with Crippen LogP contribution in [-0.4, -0.2) is 35.6 Å². The van der Waals surface area contributed by atoms with E-state index in [9.17, 15) is 9.59 Å². The van der Waals surface area contributed by atoms with Crippen LogP contribution < -0.4 is 5.73 Å². The minimum atomic E-state index is -0.575. The molecule has 0 aromatic carbocycles. The van der Waals surface area contributed by atoms with Crippen LogP contribution in [0.25, 0.3) is 0 Å². The van der Waals surface area contributed by atoms with Gasteiger partial charge in [0.25, 0.3) is 5.91 Å². The van der Waals surface area contributed by atoms with Gasteiger partial charge in [-0.1, -0.05) is 19.3 Å². The Kier molecular flexibility index (Phi) is 3.45. The molecule has 5 nitrogen and oxygen atoms in total. The first-order valence-electron chi connectivity index (χ1n) is 6.23. The van der Waals surface area contributed by atoms with E-state index in [2.05, 4.69) is 4.99 Å². The predicted molar refractivity (Wildman–Crippen MR) is 64.4 cm³/mol. The third-order valence-electron chi connectivity index (χ3n) is 3.69. The Morgan fingerprint density at radius 3 is 2.47 bits per heavy atom. The lowest BCUT2D eigenvalue weighted by Crippen LogP contribution is -2.31. The Balaban J connectivity index is 2.03. The maximum absolute atomic E-state index is 11.7. The van der Waals surface area contributed by atoms with E-state index in [1.165, 1.54) is 26.3 Å². The molecule has 2 N–H and O–H groups in total. The van der Waals surface area contributed by atoms with E-state index in [-0.39, 0.29) is 18.2 Å². The summed E-state index contributed by atoms with van der Waals surface area (Å²) in [4.78, 5) is 28.4. The van der Waals surface area contributed by atoms with Crippen LogP contribution in [-0.2, 0) is 9.59 Å². The largest absolute Gasteiger partial charge is 0.387 e. The fourth-order valence-electron chi connectivity index (χ4n) is 2.52. The first kappa shape index (κ1) is 12.1. The summed E-state index contributed by atoms with van der Waals surface area (Å²) in [5.74, 6) is 0.470. The summed E-state index contributed by atoms with van der Waals surface area (Å²) in [5.41, 5.74) is 5.95. The van der Waals surface area contributed by atoms with Gasteiger partial charge in [0.1, 0.15) is 6.04 Å². The molecule has 1 aliphatic heterocycles. The topological polar surface area (TPSA) is 75.8 Å². The highest BCUT2D eigenvalue weighted by Gasteiger charge is 2.36. The molecule has 0 spiro atoms. The van der Waals surface area contributed by atoms with E-state index < -0.39 is 6.04 Å². The standard InChI is InChI=1S/C12H19N3O2/c1-15-10(16)7-9(12(15)17)14-11(13)8-5-3-2-4-6-8/h8-9H,2-7H2,1H3,(H2,13,14). The number of nitrogens with zero attached hydrogens (tertiary/aromatic N) is 2. The summed E-state index contributed by atoms with van der Waals surface area (Å²) in [6.45, 7) is 0. The van der Waals surface area contributed by atoms with Gasteiger partial charge in [-0.15, -0.1) is 0 Å². The van der Waals surface area contributed by atoms with Crippen molar-refractivity contribution in [3.63, 3.8) is 0 Å². The number of amides is 2. The lowest BCUT2D eigenvalue weighted by molar-refractivity contribution is -0.136. The van der Waals surface area contributed by atoms with Crippen molar-refractivity contribution in [2.45, 2.75) is 44.6 Å². The molecule has 0 aromatic heterocycles. The average molecular weight is 237 g/mol. The Morgan fingerprint density at radius 1 is 1.29 bits per heavy atom. The number of likely N-dealkylation sites (N-methyl/N-ethyl adjacent to an activating group) is 1. The molecule has 2 aliphatic rings. The van der Waals surface area contributed by atoms with Gasteiger partial charge in [0.05, 0.1) is 12.3 Å². The molecule has 0 radical (unpaired) electrons. The van der Waals surface area contributed by atoms with Gasteiger partial charge < -0.3 is 5.73 Å². The summed E-state index contributed by atoms with van der Waals surface area (Å²) in [5, 5.41) is 0. The van der Waals surface area contributed by atoms with Gasteiger partial charge in [-0.25, -0.2) is 0 Å². The third kappa shape index (κ3) is 2.48. The zero-order valence-electron chi connectivity index (χ0n) is 10.2. The molecule has 0 aromatic rings. The molecule has 0 bridgehead atoms. The molecule has 1 saturated heterocycles. The van der Waals surface area contributed by atoms with Gasteiger partial charge in [-0.05, 0) is 12.8 Å². The Bertz CT molecular complexity index is 359. The lowest BCUT2D eigenvalue weighted by atomic mass is 9.88. The van der Waals surface area contributed by atoms with E-state index in [4.69, 9.17) is 5.73 Å². The van der Waals surface area contributed by atoms with E-state index >= 15 is 0 Å². The second-order valence-electron chi connectivity index (χ2n) is 4.90. The molecule has 1 aliphatic carbocycles. The summed E-state index contributed by atoms with van der Waals surface area (Å²) in [7, 11) is 1.50. The number of carbonyl (C=O) groups excluding carboxylic acids is 2. The summed E-state index contributed by atoms with van der Waals surface area (Å²) in [6.07, 6.45) is 5.90. The van der Waals surface area contributed by atoms with Gasteiger partial charge >= 0.3 is 0 Å². The highest BCUT2D eigenvalue weighted by Crippen LogP contribution is 2.24. The predicted octanol–water partition coefficient (Wildman–Crippen LogP) is 0.681. The highest BCUT2D eigenvalue weighted by molar-refractivity contribution is 6.06. The zero-order valence-corrected chi connectivity index (χ0v) is 10.2. The maximum atomic E-state index is 11.7. The Labute approximate surface area is 101 Å². The van der Waals surface area contributed by atoms with Gasteiger partial charge in [-0.3, -0.25) is 19.5 Å². The fourth-order valence-corrected chi connectivity index (χ4v) is 2.52. The number of carbonyl (C=O) groups is 2. The second kappa shape index (κ2) is 4.85. The van der Waals surface area contributed by atoms with E-state index in [0.29, 0.717) is 11.8 Å². The molecule has 1 atom stereocenters. The number of hydrogen-bond donors (Lipinski definition) is 1. The highest BCUT2D eigenvalue weighted by atomic mass is 16.2. The first-order chi connectivity index (χ1) is 8.09. The molecule has 1 heterocycles. The SMILES string of the molecule is CN1C(=O)CC(N=C(N)C2CCCCC2)C1=O. The average Bonchev–Trinajstić information content (AvgIpc) is 2.58. The van der Waals surface area contributed by atoms with Crippen LogP contribution in [0.2, 0.25) is 0 Å². The van der Waals surface area contributed by atoms with Crippen LogP contribution >= 0.6 is 0 Å². The third-order valence-corrected chi connectivity index (χ3v) is 3.69. The first-order valence-corrected chi connectivity index (χ1v) is 6.23.